The number of ether oxygens (including phenoxy) is 4. The van der Waals surface area contributed by atoms with Crippen molar-refractivity contribution in [2.75, 3.05) is 59.0 Å². The Kier molecular flexibility index (Phi) is 16.9. The molecular formula is C34H65N3O9. The van der Waals surface area contributed by atoms with Crippen LogP contribution in [0.4, 0.5) is 0 Å². The average Bonchev–Trinajstić information content (AvgIpc) is 2.73. The summed E-state index contributed by atoms with van der Waals surface area (Å²) < 4.78 is 22.2. The molecule has 0 saturated carbocycles. The standard InChI is InChI=1S/C34H65N3O9/c1-30(2,3)24-37(22-29(42)46-34(13,14)15)25(23-38)18-35(19-26(39)43-31(4,5)6)16-17-36(20-27(40)44-32(7,8)9)21-28(41)45-33(10,11)12/h25,38H,16-24H2,1-15H3/t25-/m1/s1. The lowest BCUT2D eigenvalue weighted by Gasteiger charge is -2.38. The molecular weight excluding hydrogens is 594 g/mol. The van der Waals surface area contributed by atoms with Gasteiger partial charge in [-0.3, -0.25) is 33.9 Å². The predicted molar refractivity (Wildman–Crippen MR) is 178 cm³/mol. The van der Waals surface area contributed by atoms with E-state index in [2.05, 4.69) is 0 Å². The Balaban J connectivity index is 6.27. The SMILES string of the molecule is CC(C)(C)CN(CC(=O)OC(C)(C)C)[C@@H](CO)CN(CCN(CC(=O)OC(C)(C)C)CC(=O)OC(C)(C)C)CC(=O)OC(C)(C)C. The lowest BCUT2D eigenvalue weighted by Crippen LogP contribution is -2.53. The molecule has 0 aromatic carbocycles. The Labute approximate surface area is 278 Å². The molecule has 0 aromatic rings. The van der Waals surface area contributed by atoms with Gasteiger partial charge in [-0.2, -0.15) is 0 Å². The van der Waals surface area contributed by atoms with E-state index in [0.717, 1.165) is 0 Å². The molecule has 270 valence electrons. The summed E-state index contributed by atoms with van der Waals surface area (Å²) in [6, 6.07) is -0.542. The molecule has 0 bridgehead atoms. The first-order valence-electron chi connectivity index (χ1n) is 16.1. The van der Waals surface area contributed by atoms with Crippen LogP contribution in [0, 0.1) is 5.41 Å². The highest BCUT2D eigenvalue weighted by atomic mass is 16.6. The van der Waals surface area contributed by atoms with Crippen molar-refractivity contribution in [3.05, 3.63) is 0 Å². The molecule has 1 N–H and O–H groups in total. The molecule has 0 aliphatic carbocycles. The number of hydrogen-bond acceptors (Lipinski definition) is 12. The van der Waals surface area contributed by atoms with Crippen LogP contribution in [-0.4, -0.2) is 131 Å². The molecule has 0 unspecified atom stereocenters. The van der Waals surface area contributed by atoms with Crippen molar-refractivity contribution in [2.45, 2.75) is 132 Å². The van der Waals surface area contributed by atoms with Gasteiger partial charge < -0.3 is 24.1 Å². The van der Waals surface area contributed by atoms with Crippen LogP contribution in [0.25, 0.3) is 0 Å². The van der Waals surface area contributed by atoms with E-state index >= 15 is 0 Å². The quantitative estimate of drug-likeness (QED) is 0.191. The first kappa shape index (κ1) is 43.7. The van der Waals surface area contributed by atoms with E-state index in [0.29, 0.717) is 6.54 Å². The van der Waals surface area contributed by atoms with Gasteiger partial charge in [0.25, 0.3) is 0 Å². The van der Waals surface area contributed by atoms with E-state index in [-0.39, 0.29) is 57.8 Å². The molecule has 46 heavy (non-hydrogen) atoms. The Morgan fingerprint density at radius 1 is 0.522 bits per heavy atom. The van der Waals surface area contributed by atoms with Gasteiger partial charge in [0.05, 0.1) is 32.8 Å². The number of hydrogen-bond donors (Lipinski definition) is 1. The molecule has 0 rings (SSSR count). The summed E-state index contributed by atoms with van der Waals surface area (Å²) in [5, 5.41) is 10.6. The van der Waals surface area contributed by atoms with Crippen molar-refractivity contribution in [1.29, 1.82) is 0 Å². The van der Waals surface area contributed by atoms with Gasteiger partial charge >= 0.3 is 23.9 Å². The number of esters is 4. The molecule has 0 aromatic heterocycles. The number of nitrogens with zero attached hydrogens (tertiary/aromatic N) is 3. The zero-order valence-corrected chi connectivity index (χ0v) is 31.5. The van der Waals surface area contributed by atoms with Crippen LogP contribution in [-0.2, 0) is 38.1 Å². The smallest absolute Gasteiger partial charge is 0.320 e. The van der Waals surface area contributed by atoms with Crippen LogP contribution >= 0.6 is 0 Å². The van der Waals surface area contributed by atoms with Gasteiger partial charge in [-0.1, -0.05) is 20.8 Å². The lowest BCUT2D eigenvalue weighted by atomic mass is 9.95. The van der Waals surface area contributed by atoms with Crippen LogP contribution in [0.2, 0.25) is 0 Å². The summed E-state index contributed by atoms with van der Waals surface area (Å²) in [7, 11) is 0. The van der Waals surface area contributed by atoms with Gasteiger partial charge in [0.1, 0.15) is 22.4 Å². The van der Waals surface area contributed by atoms with E-state index in [1.807, 2.05) is 25.7 Å². The minimum atomic E-state index is -0.715. The molecule has 0 aliphatic heterocycles. The van der Waals surface area contributed by atoms with Crippen molar-refractivity contribution >= 4 is 23.9 Å². The van der Waals surface area contributed by atoms with Crippen LogP contribution < -0.4 is 0 Å². The number of aliphatic hydroxyl groups is 1. The fraction of sp³-hybridized carbons (Fsp3) is 0.882. The normalized spacial score (nSPS) is 14.0. The molecule has 0 saturated heterocycles. The van der Waals surface area contributed by atoms with Crippen LogP contribution in [0.5, 0.6) is 0 Å². The van der Waals surface area contributed by atoms with Gasteiger partial charge in [0.15, 0.2) is 0 Å². The van der Waals surface area contributed by atoms with E-state index in [4.69, 9.17) is 18.9 Å². The summed E-state index contributed by atoms with van der Waals surface area (Å²) >= 11 is 0. The fourth-order valence-corrected chi connectivity index (χ4v) is 4.45. The molecule has 0 fully saturated rings. The van der Waals surface area contributed by atoms with Gasteiger partial charge in [0, 0.05) is 32.2 Å². The molecule has 0 spiro atoms. The fourth-order valence-electron chi connectivity index (χ4n) is 4.45. The maximum absolute atomic E-state index is 13.0. The first-order chi connectivity index (χ1) is 20.5. The van der Waals surface area contributed by atoms with Gasteiger partial charge in [0.2, 0.25) is 0 Å². The second-order valence-corrected chi connectivity index (χ2v) is 17.1. The Morgan fingerprint density at radius 3 is 1.13 bits per heavy atom. The van der Waals surface area contributed by atoms with E-state index in [1.165, 1.54) is 0 Å². The Morgan fingerprint density at radius 2 is 0.826 bits per heavy atom. The van der Waals surface area contributed by atoms with Crippen LogP contribution in [0.3, 0.4) is 0 Å². The molecule has 1 atom stereocenters. The van der Waals surface area contributed by atoms with Crippen LogP contribution in [0.1, 0.15) is 104 Å². The van der Waals surface area contributed by atoms with Crippen LogP contribution in [0.15, 0.2) is 0 Å². The van der Waals surface area contributed by atoms with E-state index in [1.54, 1.807) is 92.9 Å². The lowest BCUT2D eigenvalue weighted by molar-refractivity contribution is -0.161. The number of aliphatic hydroxyl groups excluding tert-OH is 1. The monoisotopic (exact) mass is 659 g/mol. The van der Waals surface area contributed by atoms with Crippen molar-refractivity contribution in [2.24, 2.45) is 5.41 Å². The van der Waals surface area contributed by atoms with Gasteiger partial charge in [-0.15, -0.1) is 0 Å². The summed E-state index contributed by atoms with van der Waals surface area (Å²) in [5.74, 6) is -1.90. The third-order valence-corrected chi connectivity index (χ3v) is 5.68. The van der Waals surface area contributed by atoms with Crippen molar-refractivity contribution < 1.29 is 43.2 Å². The molecule has 12 heteroatoms. The van der Waals surface area contributed by atoms with Gasteiger partial charge in [-0.25, -0.2) is 0 Å². The second kappa shape index (κ2) is 17.8. The Bertz CT molecular complexity index is 950. The van der Waals surface area contributed by atoms with Crippen molar-refractivity contribution in [1.82, 2.24) is 14.7 Å². The Hall–Kier alpha value is -2.28. The first-order valence-corrected chi connectivity index (χ1v) is 16.1. The predicted octanol–water partition coefficient (Wildman–Crippen LogP) is 3.67. The largest absolute Gasteiger partial charge is 0.459 e. The summed E-state index contributed by atoms with van der Waals surface area (Å²) in [5.41, 5.74) is -3.03. The highest BCUT2D eigenvalue weighted by molar-refractivity contribution is 5.75. The highest BCUT2D eigenvalue weighted by Gasteiger charge is 2.31. The van der Waals surface area contributed by atoms with Crippen molar-refractivity contribution in [3.63, 3.8) is 0 Å². The molecule has 0 heterocycles. The van der Waals surface area contributed by atoms with E-state index < -0.39 is 52.3 Å². The third kappa shape index (κ3) is 24.0. The maximum Gasteiger partial charge on any atom is 0.320 e. The number of rotatable bonds is 16. The minimum Gasteiger partial charge on any atom is -0.459 e. The zero-order valence-electron chi connectivity index (χ0n) is 31.5. The topological polar surface area (TPSA) is 135 Å². The summed E-state index contributed by atoms with van der Waals surface area (Å²) in [6.45, 7) is 27.7. The molecule has 0 amide bonds. The van der Waals surface area contributed by atoms with E-state index in [9.17, 15) is 24.3 Å². The molecule has 0 radical (unpaired) electrons. The highest BCUT2D eigenvalue weighted by Crippen LogP contribution is 2.19. The van der Waals surface area contributed by atoms with Gasteiger partial charge in [-0.05, 0) is 88.5 Å². The summed E-state index contributed by atoms with van der Waals surface area (Å²) in [4.78, 5) is 56.7. The van der Waals surface area contributed by atoms with Crippen molar-refractivity contribution in [3.8, 4) is 0 Å². The molecule has 12 nitrogen and oxygen atoms in total. The molecule has 0 aliphatic rings. The average molecular weight is 660 g/mol. The third-order valence-electron chi connectivity index (χ3n) is 5.68. The minimum absolute atomic E-state index is 0.0521. The zero-order chi connectivity index (χ0) is 36.3. The summed E-state index contributed by atoms with van der Waals surface area (Å²) in [6.07, 6.45) is 0. The number of carbonyl (C=O) groups excluding carboxylic acids is 4. The number of carbonyl (C=O) groups is 4. The maximum atomic E-state index is 13.0. The second-order valence-electron chi connectivity index (χ2n) is 17.1.